The summed E-state index contributed by atoms with van der Waals surface area (Å²) in [5.41, 5.74) is 7.66. The summed E-state index contributed by atoms with van der Waals surface area (Å²) in [5.74, 6) is 0.371. The van der Waals surface area contributed by atoms with Crippen LogP contribution in [0.1, 0.15) is 11.1 Å². The van der Waals surface area contributed by atoms with Gasteiger partial charge in [0, 0.05) is 11.3 Å². The van der Waals surface area contributed by atoms with Gasteiger partial charge < -0.3 is 10.5 Å². The molecule has 0 saturated heterocycles. The lowest BCUT2D eigenvalue weighted by atomic mass is 10.2. The average molecular weight is 231 g/mol. The molecule has 0 radical (unpaired) electrons. The fourth-order valence-corrected chi connectivity index (χ4v) is 1.52. The zero-order valence-electron chi connectivity index (χ0n) is 9.61. The first-order valence-corrected chi connectivity index (χ1v) is 5.39. The third kappa shape index (κ3) is 2.75. The van der Waals surface area contributed by atoms with E-state index in [2.05, 4.69) is 0 Å². The second-order valence-corrected chi connectivity index (χ2v) is 3.91. The molecule has 0 aromatic heterocycles. The molecule has 0 aliphatic carbocycles. The van der Waals surface area contributed by atoms with Crippen LogP contribution >= 0.6 is 0 Å². The minimum Gasteiger partial charge on any atom is -0.489 e. The standard InChI is InChI=1S/C14H14FNO/c1-10-5-7-11(8-6-10)17-9-12-13(15)3-2-4-14(12)16/h2-8H,9,16H2,1H3. The molecule has 0 spiro atoms. The Kier molecular flexibility index (Phi) is 3.28. The molecular weight excluding hydrogens is 217 g/mol. The maximum absolute atomic E-state index is 13.5. The van der Waals surface area contributed by atoms with Crippen molar-refractivity contribution in [1.29, 1.82) is 0 Å². The summed E-state index contributed by atoms with van der Waals surface area (Å²) >= 11 is 0. The van der Waals surface area contributed by atoms with E-state index in [1.807, 2.05) is 31.2 Å². The van der Waals surface area contributed by atoms with Crippen molar-refractivity contribution in [3.63, 3.8) is 0 Å². The predicted molar refractivity (Wildman–Crippen MR) is 66.3 cm³/mol. The van der Waals surface area contributed by atoms with E-state index in [0.29, 0.717) is 17.0 Å². The highest BCUT2D eigenvalue weighted by molar-refractivity contribution is 5.47. The SMILES string of the molecule is Cc1ccc(OCc2c(N)cccc2F)cc1. The van der Waals surface area contributed by atoms with E-state index in [-0.39, 0.29) is 12.4 Å². The minimum atomic E-state index is -0.336. The van der Waals surface area contributed by atoms with Crippen LogP contribution in [0.15, 0.2) is 42.5 Å². The van der Waals surface area contributed by atoms with Crippen LogP contribution < -0.4 is 10.5 Å². The summed E-state index contributed by atoms with van der Waals surface area (Å²) in [6.45, 7) is 2.14. The largest absolute Gasteiger partial charge is 0.489 e. The molecule has 2 N–H and O–H groups in total. The van der Waals surface area contributed by atoms with E-state index in [9.17, 15) is 4.39 Å². The first kappa shape index (κ1) is 11.5. The van der Waals surface area contributed by atoms with Gasteiger partial charge in [0.1, 0.15) is 18.2 Å². The van der Waals surface area contributed by atoms with E-state index < -0.39 is 0 Å². The Hall–Kier alpha value is -2.03. The Morgan fingerprint density at radius 2 is 1.82 bits per heavy atom. The molecule has 0 aliphatic heterocycles. The number of hydrogen-bond acceptors (Lipinski definition) is 2. The number of nitrogens with two attached hydrogens (primary N) is 1. The van der Waals surface area contributed by atoms with Crippen LogP contribution in [-0.4, -0.2) is 0 Å². The maximum atomic E-state index is 13.5. The summed E-state index contributed by atoms with van der Waals surface area (Å²) < 4.78 is 18.9. The molecule has 0 bridgehead atoms. The third-order valence-electron chi connectivity index (χ3n) is 2.56. The van der Waals surface area contributed by atoms with Crippen molar-refractivity contribution in [3.05, 3.63) is 59.4 Å². The van der Waals surface area contributed by atoms with Gasteiger partial charge in [-0.15, -0.1) is 0 Å². The summed E-state index contributed by atoms with van der Waals surface area (Å²) in [7, 11) is 0. The lowest BCUT2D eigenvalue weighted by Crippen LogP contribution is -2.03. The molecule has 0 unspecified atom stereocenters. The molecule has 17 heavy (non-hydrogen) atoms. The average Bonchev–Trinajstić information content (AvgIpc) is 2.31. The lowest BCUT2D eigenvalue weighted by molar-refractivity contribution is 0.300. The van der Waals surface area contributed by atoms with Crippen LogP contribution in [0.4, 0.5) is 10.1 Å². The molecule has 0 atom stereocenters. The van der Waals surface area contributed by atoms with Gasteiger partial charge in [0.05, 0.1) is 0 Å². The first-order valence-electron chi connectivity index (χ1n) is 5.39. The monoisotopic (exact) mass is 231 g/mol. The Balaban J connectivity index is 2.10. The van der Waals surface area contributed by atoms with Gasteiger partial charge in [-0.1, -0.05) is 23.8 Å². The number of benzene rings is 2. The topological polar surface area (TPSA) is 35.2 Å². The number of anilines is 1. The Morgan fingerprint density at radius 1 is 1.12 bits per heavy atom. The van der Waals surface area contributed by atoms with Crippen LogP contribution in [0.2, 0.25) is 0 Å². The van der Waals surface area contributed by atoms with Crippen molar-refractivity contribution in [2.75, 3.05) is 5.73 Å². The van der Waals surface area contributed by atoms with Crippen LogP contribution in [-0.2, 0) is 6.61 Å². The first-order chi connectivity index (χ1) is 8.16. The fraction of sp³-hybridized carbons (Fsp3) is 0.143. The highest BCUT2D eigenvalue weighted by Gasteiger charge is 2.06. The van der Waals surface area contributed by atoms with E-state index in [4.69, 9.17) is 10.5 Å². The Morgan fingerprint density at radius 3 is 2.47 bits per heavy atom. The van der Waals surface area contributed by atoms with Crippen molar-refractivity contribution < 1.29 is 9.13 Å². The number of rotatable bonds is 3. The van der Waals surface area contributed by atoms with Crippen molar-refractivity contribution in [1.82, 2.24) is 0 Å². The third-order valence-corrected chi connectivity index (χ3v) is 2.56. The van der Waals surface area contributed by atoms with E-state index >= 15 is 0 Å². The van der Waals surface area contributed by atoms with Gasteiger partial charge in [0.25, 0.3) is 0 Å². The normalized spacial score (nSPS) is 10.2. The van der Waals surface area contributed by atoms with Crippen LogP contribution in [0, 0.1) is 12.7 Å². The summed E-state index contributed by atoms with van der Waals surface area (Å²) in [6, 6.07) is 12.2. The zero-order valence-corrected chi connectivity index (χ0v) is 9.61. The molecule has 2 aromatic rings. The number of nitrogen functional groups attached to an aromatic ring is 1. The van der Waals surface area contributed by atoms with Crippen molar-refractivity contribution in [2.24, 2.45) is 0 Å². The van der Waals surface area contributed by atoms with Crippen molar-refractivity contribution in [2.45, 2.75) is 13.5 Å². The lowest BCUT2D eigenvalue weighted by Gasteiger charge is -2.09. The summed E-state index contributed by atoms with van der Waals surface area (Å²) in [4.78, 5) is 0. The predicted octanol–water partition coefficient (Wildman–Crippen LogP) is 3.30. The van der Waals surface area contributed by atoms with Crippen LogP contribution in [0.5, 0.6) is 5.75 Å². The van der Waals surface area contributed by atoms with Crippen LogP contribution in [0.25, 0.3) is 0 Å². The van der Waals surface area contributed by atoms with Gasteiger partial charge in [0.2, 0.25) is 0 Å². The van der Waals surface area contributed by atoms with Gasteiger partial charge in [-0.3, -0.25) is 0 Å². The minimum absolute atomic E-state index is 0.140. The van der Waals surface area contributed by atoms with Crippen LogP contribution in [0.3, 0.4) is 0 Å². The molecule has 2 nitrogen and oxygen atoms in total. The molecular formula is C14H14FNO. The number of ether oxygens (including phenoxy) is 1. The van der Waals surface area contributed by atoms with E-state index in [0.717, 1.165) is 5.56 Å². The quantitative estimate of drug-likeness (QED) is 0.822. The number of halogens is 1. The highest BCUT2D eigenvalue weighted by atomic mass is 19.1. The van der Waals surface area contributed by atoms with E-state index in [1.165, 1.54) is 6.07 Å². The van der Waals surface area contributed by atoms with E-state index in [1.54, 1.807) is 12.1 Å². The molecule has 2 aromatic carbocycles. The molecule has 0 aliphatic rings. The molecule has 2 rings (SSSR count). The molecule has 3 heteroatoms. The van der Waals surface area contributed by atoms with Crippen molar-refractivity contribution in [3.8, 4) is 5.75 Å². The van der Waals surface area contributed by atoms with Gasteiger partial charge in [-0.25, -0.2) is 4.39 Å². The Labute approximate surface area is 99.8 Å². The maximum Gasteiger partial charge on any atom is 0.131 e. The highest BCUT2D eigenvalue weighted by Crippen LogP contribution is 2.19. The number of hydrogen-bond donors (Lipinski definition) is 1. The summed E-state index contributed by atoms with van der Waals surface area (Å²) in [5, 5.41) is 0. The fourth-order valence-electron chi connectivity index (χ4n) is 1.52. The summed E-state index contributed by atoms with van der Waals surface area (Å²) in [6.07, 6.45) is 0. The second kappa shape index (κ2) is 4.87. The molecule has 0 fully saturated rings. The smallest absolute Gasteiger partial charge is 0.131 e. The number of aryl methyl sites for hydroxylation is 1. The van der Waals surface area contributed by atoms with Gasteiger partial charge in [-0.05, 0) is 31.2 Å². The van der Waals surface area contributed by atoms with Gasteiger partial charge in [-0.2, -0.15) is 0 Å². The molecule has 0 heterocycles. The molecule has 88 valence electrons. The second-order valence-electron chi connectivity index (χ2n) is 3.91. The Bertz CT molecular complexity index is 488. The van der Waals surface area contributed by atoms with Gasteiger partial charge >= 0.3 is 0 Å². The molecule has 0 amide bonds. The zero-order chi connectivity index (χ0) is 12.3. The van der Waals surface area contributed by atoms with Gasteiger partial charge in [0.15, 0.2) is 0 Å². The molecule has 0 saturated carbocycles. The van der Waals surface area contributed by atoms with Crippen molar-refractivity contribution >= 4 is 5.69 Å².